The summed E-state index contributed by atoms with van der Waals surface area (Å²) in [5, 5.41) is 10.5. The van der Waals surface area contributed by atoms with Crippen molar-refractivity contribution < 1.29 is 19.0 Å². The van der Waals surface area contributed by atoms with Crippen molar-refractivity contribution in [2.75, 3.05) is 11.4 Å². The first-order chi connectivity index (χ1) is 15.6. The molecule has 2 heterocycles. The van der Waals surface area contributed by atoms with Gasteiger partial charge in [0.25, 0.3) is 0 Å². The summed E-state index contributed by atoms with van der Waals surface area (Å²) in [6, 6.07) is 20.4. The molecule has 0 radical (unpaired) electrons. The molecule has 1 atom stereocenters. The second kappa shape index (κ2) is 8.26. The molecule has 1 aliphatic rings. The number of halogens is 1. The van der Waals surface area contributed by atoms with Crippen molar-refractivity contribution in [3.8, 4) is 22.8 Å². The van der Waals surface area contributed by atoms with Crippen LogP contribution in [-0.2, 0) is 4.79 Å². The molecule has 5 rings (SSSR count). The lowest BCUT2D eigenvalue weighted by atomic mass is 10.1. The van der Waals surface area contributed by atoms with Crippen LogP contribution in [0, 0.1) is 5.82 Å². The maximum atomic E-state index is 13.1. The summed E-state index contributed by atoms with van der Waals surface area (Å²) in [7, 11) is 0. The van der Waals surface area contributed by atoms with E-state index in [0.29, 0.717) is 30.4 Å². The largest absolute Gasteiger partial charge is 0.480 e. The Labute approximate surface area is 183 Å². The third-order valence-corrected chi connectivity index (χ3v) is 5.56. The summed E-state index contributed by atoms with van der Waals surface area (Å²) in [5.41, 5.74) is 2.35. The maximum Gasteiger partial charge on any atom is 0.326 e. The Morgan fingerprint density at radius 1 is 0.969 bits per heavy atom. The number of para-hydroxylation sites is 1. The Kier molecular flexibility index (Phi) is 5.15. The van der Waals surface area contributed by atoms with E-state index in [1.807, 2.05) is 48.5 Å². The second-order valence-electron chi connectivity index (χ2n) is 7.66. The van der Waals surface area contributed by atoms with Gasteiger partial charge in [-0.1, -0.05) is 18.2 Å². The van der Waals surface area contributed by atoms with E-state index in [-0.39, 0.29) is 5.82 Å². The molecular weight excluding hydrogens is 409 g/mol. The standard InChI is InChI=1S/C25H20FN3O3/c26-17-9-13-19(14-10-17)32-18-11-7-16(8-12-18)23-20-4-1-2-5-21(20)27-25(28-23)29-15-3-6-22(29)24(30)31/h1-2,4-5,7-14,22H,3,6,15H2,(H,30,31). The summed E-state index contributed by atoms with van der Waals surface area (Å²) < 4.78 is 18.9. The number of carbonyl (C=O) groups is 1. The van der Waals surface area contributed by atoms with Crippen LogP contribution in [-0.4, -0.2) is 33.6 Å². The Hall–Kier alpha value is -4.00. The van der Waals surface area contributed by atoms with Crippen LogP contribution in [0.15, 0.2) is 72.8 Å². The van der Waals surface area contributed by atoms with Gasteiger partial charge in [-0.2, -0.15) is 0 Å². The van der Waals surface area contributed by atoms with Crippen LogP contribution in [0.25, 0.3) is 22.2 Å². The number of benzene rings is 3. The fraction of sp³-hybridized carbons (Fsp3) is 0.160. The molecule has 0 aliphatic carbocycles. The van der Waals surface area contributed by atoms with Gasteiger partial charge in [-0.3, -0.25) is 0 Å². The van der Waals surface area contributed by atoms with E-state index in [1.165, 1.54) is 12.1 Å². The number of carboxylic acids is 1. The summed E-state index contributed by atoms with van der Waals surface area (Å²) in [6.45, 7) is 0.610. The molecule has 1 unspecified atom stereocenters. The third-order valence-electron chi connectivity index (χ3n) is 5.56. The van der Waals surface area contributed by atoms with Gasteiger partial charge < -0.3 is 14.7 Å². The molecule has 1 aromatic heterocycles. The van der Waals surface area contributed by atoms with E-state index >= 15 is 0 Å². The molecule has 160 valence electrons. The minimum Gasteiger partial charge on any atom is -0.480 e. The molecule has 1 N–H and O–H groups in total. The number of fused-ring (bicyclic) bond motifs is 1. The van der Waals surface area contributed by atoms with E-state index in [1.54, 1.807) is 17.0 Å². The predicted octanol–water partition coefficient (Wildman–Crippen LogP) is 5.28. The molecule has 6 nitrogen and oxygen atoms in total. The van der Waals surface area contributed by atoms with Crippen LogP contribution in [0.2, 0.25) is 0 Å². The van der Waals surface area contributed by atoms with Crippen LogP contribution in [0.3, 0.4) is 0 Å². The van der Waals surface area contributed by atoms with Gasteiger partial charge in [0.15, 0.2) is 0 Å². The summed E-state index contributed by atoms with van der Waals surface area (Å²) in [6.07, 6.45) is 1.37. The van der Waals surface area contributed by atoms with Crippen molar-refractivity contribution in [1.29, 1.82) is 0 Å². The number of carboxylic acid groups (broad SMARTS) is 1. The lowest BCUT2D eigenvalue weighted by Crippen LogP contribution is -2.37. The van der Waals surface area contributed by atoms with Gasteiger partial charge in [0.05, 0.1) is 11.2 Å². The highest BCUT2D eigenvalue weighted by Crippen LogP contribution is 2.32. The monoisotopic (exact) mass is 429 g/mol. The van der Waals surface area contributed by atoms with Gasteiger partial charge >= 0.3 is 5.97 Å². The molecule has 1 saturated heterocycles. The van der Waals surface area contributed by atoms with Crippen LogP contribution >= 0.6 is 0 Å². The van der Waals surface area contributed by atoms with E-state index in [2.05, 4.69) is 4.98 Å². The summed E-state index contributed by atoms with van der Waals surface area (Å²) in [4.78, 5) is 22.9. The van der Waals surface area contributed by atoms with Crippen LogP contribution in [0.1, 0.15) is 12.8 Å². The van der Waals surface area contributed by atoms with Gasteiger partial charge in [-0.15, -0.1) is 0 Å². The molecule has 0 saturated carbocycles. The van der Waals surface area contributed by atoms with Crippen LogP contribution in [0.5, 0.6) is 11.5 Å². The molecular formula is C25H20FN3O3. The smallest absolute Gasteiger partial charge is 0.326 e. The number of aromatic nitrogens is 2. The number of anilines is 1. The van der Waals surface area contributed by atoms with Crippen molar-refractivity contribution in [1.82, 2.24) is 9.97 Å². The topological polar surface area (TPSA) is 75.5 Å². The van der Waals surface area contributed by atoms with Crippen molar-refractivity contribution in [3.05, 3.63) is 78.6 Å². The van der Waals surface area contributed by atoms with Crippen molar-refractivity contribution >= 4 is 22.8 Å². The van der Waals surface area contributed by atoms with Crippen molar-refractivity contribution in [2.45, 2.75) is 18.9 Å². The van der Waals surface area contributed by atoms with Gasteiger partial charge in [0.1, 0.15) is 23.4 Å². The van der Waals surface area contributed by atoms with E-state index in [4.69, 9.17) is 9.72 Å². The van der Waals surface area contributed by atoms with E-state index < -0.39 is 12.0 Å². The third kappa shape index (κ3) is 3.85. The Bertz CT molecular complexity index is 1280. The zero-order valence-corrected chi connectivity index (χ0v) is 17.1. The maximum absolute atomic E-state index is 13.1. The molecule has 3 aromatic carbocycles. The summed E-state index contributed by atoms with van der Waals surface area (Å²) >= 11 is 0. The minimum atomic E-state index is -0.858. The van der Waals surface area contributed by atoms with Crippen molar-refractivity contribution in [3.63, 3.8) is 0 Å². The molecule has 0 spiro atoms. The van der Waals surface area contributed by atoms with Crippen molar-refractivity contribution in [2.24, 2.45) is 0 Å². The number of hydrogen-bond donors (Lipinski definition) is 1. The first-order valence-electron chi connectivity index (χ1n) is 10.4. The SMILES string of the molecule is O=C(O)C1CCCN1c1nc(-c2ccc(Oc3ccc(F)cc3)cc2)c2ccccc2n1. The molecule has 1 fully saturated rings. The average molecular weight is 429 g/mol. The highest BCUT2D eigenvalue weighted by molar-refractivity contribution is 5.93. The predicted molar refractivity (Wildman–Crippen MR) is 119 cm³/mol. The molecule has 0 amide bonds. The highest BCUT2D eigenvalue weighted by Gasteiger charge is 2.32. The van der Waals surface area contributed by atoms with Gasteiger partial charge in [0, 0.05) is 17.5 Å². The van der Waals surface area contributed by atoms with Gasteiger partial charge in [-0.25, -0.2) is 19.2 Å². The quantitative estimate of drug-likeness (QED) is 0.465. The Morgan fingerprint density at radius 3 is 2.38 bits per heavy atom. The van der Waals surface area contributed by atoms with Crippen LogP contribution in [0.4, 0.5) is 10.3 Å². The van der Waals surface area contributed by atoms with E-state index in [0.717, 1.165) is 28.6 Å². The first-order valence-corrected chi connectivity index (χ1v) is 10.4. The lowest BCUT2D eigenvalue weighted by molar-refractivity contribution is -0.138. The number of nitrogens with zero attached hydrogens (tertiary/aromatic N) is 3. The number of hydrogen-bond acceptors (Lipinski definition) is 5. The minimum absolute atomic E-state index is 0.317. The Morgan fingerprint density at radius 2 is 1.66 bits per heavy atom. The molecule has 32 heavy (non-hydrogen) atoms. The van der Waals surface area contributed by atoms with E-state index in [9.17, 15) is 14.3 Å². The number of aliphatic carboxylic acids is 1. The average Bonchev–Trinajstić information content (AvgIpc) is 3.31. The van der Waals surface area contributed by atoms with Gasteiger partial charge in [-0.05, 0) is 67.4 Å². The molecule has 0 bridgehead atoms. The fourth-order valence-corrected chi connectivity index (χ4v) is 4.00. The highest BCUT2D eigenvalue weighted by atomic mass is 19.1. The fourth-order valence-electron chi connectivity index (χ4n) is 4.00. The zero-order chi connectivity index (χ0) is 22.1. The lowest BCUT2D eigenvalue weighted by Gasteiger charge is -2.22. The normalized spacial score (nSPS) is 15.8. The second-order valence-corrected chi connectivity index (χ2v) is 7.66. The number of ether oxygens (including phenoxy) is 1. The summed E-state index contributed by atoms with van der Waals surface area (Å²) in [5.74, 6) is 0.410. The first kappa shape index (κ1) is 19.9. The Balaban J connectivity index is 1.51. The van der Waals surface area contributed by atoms with Crippen LogP contribution < -0.4 is 9.64 Å². The van der Waals surface area contributed by atoms with Gasteiger partial charge in [0.2, 0.25) is 5.95 Å². The molecule has 4 aromatic rings. The molecule has 7 heteroatoms. The molecule has 1 aliphatic heterocycles. The zero-order valence-electron chi connectivity index (χ0n) is 17.1. The number of rotatable bonds is 5.